The first-order valence-electron chi connectivity index (χ1n) is 14.4. The van der Waals surface area contributed by atoms with Crippen molar-refractivity contribution in [2.45, 2.75) is 64.4 Å². The fourth-order valence-electron chi connectivity index (χ4n) is 5.45. The second-order valence-electron chi connectivity index (χ2n) is 11.2. The summed E-state index contributed by atoms with van der Waals surface area (Å²) in [5.41, 5.74) is 12.6. The van der Waals surface area contributed by atoms with Crippen molar-refractivity contribution in [3.05, 3.63) is 69.6 Å². The maximum Gasteiger partial charge on any atom is 0.317 e. The van der Waals surface area contributed by atoms with Crippen LogP contribution < -0.4 is 20.7 Å². The molecule has 1 saturated carbocycles. The molecule has 3 N–H and O–H groups in total. The molecule has 3 amide bonds. The van der Waals surface area contributed by atoms with Crippen molar-refractivity contribution >= 4 is 17.6 Å². The quantitative estimate of drug-likeness (QED) is 0.220. The van der Waals surface area contributed by atoms with Gasteiger partial charge < -0.3 is 25.6 Å². The van der Waals surface area contributed by atoms with E-state index in [1.54, 1.807) is 14.1 Å². The van der Waals surface area contributed by atoms with Crippen LogP contribution in [0.5, 0.6) is 5.75 Å². The molecular weight excluding hydrogens is 520 g/mol. The van der Waals surface area contributed by atoms with Crippen molar-refractivity contribution < 1.29 is 14.3 Å². The van der Waals surface area contributed by atoms with E-state index >= 15 is 0 Å². The van der Waals surface area contributed by atoms with Crippen LogP contribution in [0.2, 0.25) is 0 Å². The van der Waals surface area contributed by atoms with Crippen LogP contribution in [0.15, 0.2) is 47.6 Å². The summed E-state index contributed by atoms with van der Waals surface area (Å²) >= 11 is 0. The Morgan fingerprint density at radius 3 is 2.68 bits per heavy atom. The maximum absolute atomic E-state index is 13.1. The van der Waals surface area contributed by atoms with Crippen LogP contribution in [0.1, 0.15) is 49.3 Å². The Morgan fingerprint density at radius 2 is 1.95 bits per heavy atom. The smallest absolute Gasteiger partial charge is 0.317 e. The molecule has 2 aliphatic rings. The molecule has 1 heterocycles. The first-order chi connectivity index (χ1) is 19.8. The van der Waals surface area contributed by atoms with E-state index in [0.717, 1.165) is 80.0 Å². The Kier molecular flexibility index (Phi) is 10.8. The summed E-state index contributed by atoms with van der Waals surface area (Å²) in [5.74, 6) is 0.711. The number of carbonyl (C=O) groups is 2. The third-order valence-electron chi connectivity index (χ3n) is 7.72. The van der Waals surface area contributed by atoms with Crippen molar-refractivity contribution in [3.63, 3.8) is 0 Å². The summed E-state index contributed by atoms with van der Waals surface area (Å²) < 4.78 is 6.23. The number of carbonyl (C=O) groups excluding carboxylic acids is 2. The van der Waals surface area contributed by atoms with Gasteiger partial charge in [-0.05, 0) is 79.1 Å². The van der Waals surface area contributed by atoms with Crippen LogP contribution in [-0.4, -0.2) is 67.6 Å². The van der Waals surface area contributed by atoms with Crippen LogP contribution >= 0.6 is 0 Å². The highest BCUT2D eigenvalue weighted by Gasteiger charge is 2.27. The molecule has 1 aliphatic carbocycles. The van der Waals surface area contributed by atoms with Gasteiger partial charge in [0.25, 0.3) is 0 Å². The molecule has 1 atom stereocenters. The molecule has 2 aromatic rings. The third kappa shape index (κ3) is 9.11. The van der Waals surface area contributed by atoms with E-state index in [4.69, 9.17) is 10.3 Å². The number of urea groups is 1. The van der Waals surface area contributed by atoms with Crippen molar-refractivity contribution in [1.82, 2.24) is 20.4 Å². The van der Waals surface area contributed by atoms with Crippen LogP contribution in [0.4, 0.5) is 10.5 Å². The molecule has 41 heavy (non-hydrogen) atoms. The van der Waals surface area contributed by atoms with Crippen LogP contribution in [0.25, 0.3) is 10.4 Å². The van der Waals surface area contributed by atoms with Crippen LogP contribution in [0, 0.1) is 5.92 Å². The molecule has 4 rings (SSSR count). The van der Waals surface area contributed by atoms with Crippen molar-refractivity contribution in [3.8, 4) is 5.75 Å². The molecule has 1 saturated heterocycles. The number of amides is 3. The average molecular weight is 563 g/mol. The number of azide groups is 1. The van der Waals surface area contributed by atoms with Crippen molar-refractivity contribution in [2.75, 3.05) is 39.0 Å². The van der Waals surface area contributed by atoms with Gasteiger partial charge in [0.1, 0.15) is 5.75 Å². The lowest BCUT2D eigenvalue weighted by molar-refractivity contribution is -0.121. The summed E-state index contributed by atoms with van der Waals surface area (Å²) in [6.45, 7) is 6.54. The number of anilines is 1. The molecule has 220 valence electrons. The first-order valence-corrected chi connectivity index (χ1v) is 14.4. The monoisotopic (exact) mass is 562 g/mol. The Morgan fingerprint density at radius 1 is 1.15 bits per heavy atom. The van der Waals surface area contributed by atoms with Gasteiger partial charge in [0.2, 0.25) is 5.91 Å². The molecule has 11 nitrogen and oxygen atoms in total. The van der Waals surface area contributed by atoms with Gasteiger partial charge in [0.15, 0.2) is 0 Å². The minimum atomic E-state index is -0.138. The SMILES string of the molecule is C[C@H]1CN(Cc2ccc(NC(=O)C3CCC(Oc4cccc(CNC(=O)N(C)C)c4)CC3)cc2CN=[N+]=[N-])CCN1. The fraction of sp³-hybridized carbons (Fsp3) is 0.533. The number of hydrogen-bond donors (Lipinski definition) is 3. The summed E-state index contributed by atoms with van der Waals surface area (Å²) in [6.07, 6.45) is 3.14. The van der Waals surface area contributed by atoms with E-state index in [9.17, 15) is 9.59 Å². The maximum atomic E-state index is 13.1. The lowest BCUT2D eigenvalue weighted by Crippen LogP contribution is -2.48. The second kappa shape index (κ2) is 14.7. The molecular formula is C30H42N8O3. The topological polar surface area (TPSA) is 135 Å². The highest BCUT2D eigenvalue weighted by atomic mass is 16.5. The lowest BCUT2D eigenvalue weighted by Gasteiger charge is -2.32. The molecule has 0 spiro atoms. The average Bonchev–Trinajstić information content (AvgIpc) is 2.96. The Balaban J connectivity index is 1.29. The molecule has 2 fully saturated rings. The fourth-order valence-corrected chi connectivity index (χ4v) is 5.45. The minimum Gasteiger partial charge on any atom is -0.490 e. The second-order valence-corrected chi connectivity index (χ2v) is 11.2. The molecule has 0 radical (unpaired) electrons. The van der Waals surface area contributed by atoms with E-state index < -0.39 is 0 Å². The van der Waals surface area contributed by atoms with Gasteiger partial charge in [-0.2, -0.15) is 0 Å². The van der Waals surface area contributed by atoms with Crippen LogP contribution in [0.3, 0.4) is 0 Å². The number of benzene rings is 2. The van der Waals surface area contributed by atoms with Crippen molar-refractivity contribution in [1.29, 1.82) is 0 Å². The van der Waals surface area contributed by atoms with Gasteiger partial charge in [-0.25, -0.2) is 4.79 Å². The lowest BCUT2D eigenvalue weighted by atomic mass is 9.86. The van der Waals surface area contributed by atoms with E-state index in [1.807, 2.05) is 42.5 Å². The zero-order valence-corrected chi connectivity index (χ0v) is 24.3. The van der Waals surface area contributed by atoms with Crippen LogP contribution in [-0.2, 0) is 24.4 Å². The molecule has 11 heteroatoms. The van der Waals surface area contributed by atoms with E-state index in [0.29, 0.717) is 12.6 Å². The predicted molar refractivity (Wildman–Crippen MR) is 159 cm³/mol. The van der Waals surface area contributed by atoms with E-state index in [2.05, 4.69) is 37.8 Å². The van der Waals surface area contributed by atoms with Gasteiger partial charge in [0, 0.05) is 69.4 Å². The Hall–Kier alpha value is -3.79. The zero-order valence-electron chi connectivity index (χ0n) is 24.3. The molecule has 1 aliphatic heterocycles. The standard InChI is InChI=1S/C30H42N8O3/c1-21-19-38(14-13-32-21)20-24-7-10-26(16-25(24)18-34-36-31)35-29(39)23-8-11-27(12-9-23)41-28-6-4-5-22(15-28)17-33-30(40)37(2)3/h4-7,10,15-16,21,23,27,32H,8-9,11-14,17-20H2,1-3H3,(H,33,40)(H,35,39)/t21-,23?,27?/m0/s1. The zero-order chi connectivity index (χ0) is 29.2. The first kappa shape index (κ1) is 30.2. The summed E-state index contributed by atoms with van der Waals surface area (Å²) in [4.78, 5) is 31.8. The summed E-state index contributed by atoms with van der Waals surface area (Å²) in [7, 11) is 3.42. The highest BCUT2D eigenvalue weighted by molar-refractivity contribution is 5.92. The number of nitrogens with one attached hydrogen (secondary N) is 3. The van der Waals surface area contributed by atoms with Gasteiger partial charge >= 0.3 is 6.03 Å². The van der Waals surface area contributed by atoms with Gasteiger partial charge in [-0.1, -0.05) is 23.3 Å². The summed E-state index contributed by atoms with van der Waals surface area (Å²) in [6, 6.07) is 14.0. The number of nitrogens with zero attached hydrogens (tertiary/aromatic N) is 5. The van der Waals surface area contributed by atoms with E-state index in [-0.39, 0.29) is 30.5 Å². The molecule has 0 unspecified atom stereocenters. The molecule has 0 aromatic heterocycles. The van der Waals surface area contributed by atoms with Gasteiger partial charge in [0.05, 0.1) is 12.6 Å². The predicted octanol–water partition coefficient (Wildman–Crippen LogP) is 4.64. The number of ether oxygens (including phenoxy) is 1. The normalized spacial score (nSPS) is 20.9. The Bertz CT molecular complexity index is 1240. The number of piperazine rings is 1. The number of rotatable bonds is 10. The molecule has 2 aromatic carbocycles. The van der Waals surface area contributed by atoms with Crippen molar-refractivity contribution in [2.24, 2.45) is 11.0 Å². The highest BCUT2D eigenvalue weighted by Crippen LogP contribution is 2.29. The number of hydrogen-bond acceptors (Lipinski definition) is 6. The third-order valence-corrected chi connectivity index (χ3v) is 7.72. The summed E-state index contributed by atoms with van der Waals surface area (Å²) in [5, 5.41) is 13.2. The Labute approximate surface area is 242 Å². The van der Waals surface area contributed by atoms with E-state index in [1.165, 1.54) is 4.90 Å². The minimum absolute atomic E-state index is 0.0143. The van der Waals surface area contributed by atoms with Gasteiger partial charge in [-0.15, -0.1) is 0 Å². The molecule has 0 bridgehead atoms. The van der Waals surface area contributed by atoms with Gasteiger partial charge in [-0.3, -0.25) is 9.69 Å². The largest absolute Gasteiger partial charge is 0.490 e.